The number of halogens is 1. The number of furan rings is 1. The molecule has 0 saturated carbocycles. The minimum absolute atomic E-state index is 0.0199. The highest BCUT2D eigenvalue weighted by Crippen LogP contribution is 2.24. The number of hydrogen-bond acceptors (Lipinski definition) is 4. The highest BCUT2D eigenvalue weighted by atomic mass is 35.5. The maximum absolute atomic E-state index is 9.19. The minimum atomic E-state index is 0.0199. The van der Waals surface area contributed by atoms with Crippen LogP contribution in [0.15, 0.2) is 53.1 Å². The highest BCUT2D eigenvalue weighted by Gasteiger charge is 2.10. The van der Waals surface area contributed by atoms with Gasteiger partial charge in [0.15, 0.2) is 0 Å². The molecule has 0 fully saturated rings. The minimum Gasteiger partial charge on any atom is -0.467 e. The first-order chi connectivity index (χ1) is 10.8. The Morgan fingerprint density at radius 2 is 2.14 bits per heavy atom. The van der Waals surface area contributed by atoms with Crippen LogP contribution in [-0.2, 0) is 13.1 Å². The number of aromatic nitrogens is 2. The lowest BCUT2D eigenvalue weighted by atomic mass is 10.1. The van der Waals surface area contributed by atoms with E-state index in [0.717, 1.165) is 22.8 Å². The summed E-state index contributed by atoms with van der Waals surface area (Å²) in [7, 11) is 0. The Morgan fingerprint density at radius 3 is 2.86 bits per heavy atom. The molecule has 114 valence electrons. The van der Waals surface area contributed by atoms with Crippen LogP contribution < -0.4 is 5.32 Å². The number of anilines is 1. The van der Waals surface area contributed by atoms with Crippen LogP contribution in [0.2, 0.25) is 5.02 Å². The van der Waals surface area contributed by atoms with Gasteiger partial charge in [0.2, 0.25) is 0 Å². The van der Waals surface area contributed by atoms with E-state index < -0.39 is 0 Å². The topological polar surface area (TPSA) is 63.2 Å². The smallest absolute Gasteiger partial charge is 0.125 e. The summed E-state index contributed by atoms with van der Waals surface area (Å²) >= 11 is 6.03. The molecule has 0 bridgehead atoms. The Hall–Kier alpha value is -2.24. The number of nitrogens with one attached hydrogen (secondary N) is 1. The second-order valence-electron chi connectivity index (χ2n) is 4.80. The number of rotatable bonds is 6. The van der Waals surface area contributed by atoms with Crippen molar-refractivity contribution in [3.05, 3.63) is 59.5 Å². The molecule has 2 aromatic heterocycles. The number of aliphatic hydroxyl groups excluding tert-OH is 1. The largest absolute Gasteiger partial charge is 0.467 e. The van der Waals surface area contributed by atoms with Gasteiger partial charge in [-0.3, -0.25) is 0 Å². The number of hydrogen-bond donors (Lipinski definition) is 2. The van der Waals surface area contributed by atoms with Crippen molar-refractivity contribution in [3.63, 3.8) is 0 Å². The standard InChI is InChI=1S/C16H16ClN3O2/c17-13-4-1-3-12(9-13)15-10-16(20(19-15)6-7-21)18-11-14-5-2-8-22-14/h1-5,8-10,18,21H,6-7,11H2. The molecule has 0 aliphatic rings. The molecule has 2 N–H and O–H groups in total. The molecule has 3 aromatic rings. The Balaban J connectivity index is 1.85. The van der Waals surface area contributed by atoms with Gasteiger partial charge in [-0.1, -0.05) is 23.7 Å². The molecule has 0 atom stereocenters. The van der Waals surface area contributed by atoms with Crippen LogP contribution >= 0.6 is 11.6 Å². The molecule has 22 heavy (non-hydrogen) atoms. The van der Waals surface area contributed by atoms with E-state index in [1.807, 2.05) is 42.5 Å². The van der Waals surface area contributed by atoms with Gasteiger partial charge in [-0.2, -0.15) is 5.10 Å². The van der Waals surface area contributed by atoms with Crippen molar-refractivity contribution in [1.82, 2.24) is 9.78 Å². The zero-order chi connectivity index (χ0) is 15.4. The van der Waals surface area contributed by atoms with E-state index in [0.29, 0.717) is 18.1 Å². The fourth-order valence-corrected chi connectivity index (χ4v) is 2.39. The van der Waals surface area contributed by atoms with Gasteiger partial charge < -0.3 is 14.8 Å². The summed E-state index contributed by atoms with van der Waals surface area (Å²) in [5, 5.41) is 17.6. The monoisotopic (exact) mass is 317 g/mol. The van der Waals surface area contributed by atoms with Crippen molar-refractivity contribution in [3.8, 4) is 11.3 Å². The van der Waals surface area contributed by atoms with Crippen LogP contribution in [-0.4, -0.2) is 21.5 Å². The van der Waals surface area contributed by atoms with Gasteiger partial charge in [0, 0.05) is 16.7 Å². The molecule has 6 heteroatoms. The van der Waals surface area contributed by atoms with E-state index in [2.05, 4.69) is 10.4 Å². The Labute approximate surface area is 133 Å². The average Bonchev–Trinajstić information content (AvgIpc) is 3.15. The normalized spacial score (nSPS) is 10.8. The molecule has 3 rings (SSSR count). The Bertz CT molecular complexity index is 738. The first-order valence-electron chi connectivity index (χ1n) is 6.97. The SMILES string of the molecule is OCCn1nc(-c2cccc(Cl)c2)cc1NCc1ccco1. The maximum atomic E-state index is 9.19. The van der Waals surface area contributed by atoms with E-state index in [4.69, 9.17) is 16.0 Å². The quantitative estimate of drug-likeness (QED) is 0.731. The molecular formula is C16H16ClN3O2. The lowest BCUT2D eigenvalue weighted by Crippen LogP contribution is -2.10. The van der Waals surface area contributed by atoms with Crippen LogP contribution in [0.25, 0.3) is 11.3 Å². The molecule has 0 aliphatic heterocycles. The third-order valence-electron chi connectivity index (χ3n) is 3.24. The summed E-state index contributed by atoms with van der Waals surface area (Å²) < 4.78 is 7.04. The molecule has 0 saturated heterocycles. The predicted molar refractivity (Wildman–Crippen MR) is 85.8 cm³/mol. The van der Waals surface area contributed by atoms with Crippen LogP contribution in [0.5, 0.6) is 0 Å². The summed E-state index contributed by atoms with van der Waals surface area (Å²) in [4.78, 5) is 0. The van der Waals surface area contributed by atoms with Gasteiger partial charge in [0.1, 0.15) is 11.6 Å². The van der Waals surface area contributed by atoms with Gasteiger partial charge in [-0.25, -0.2) is 4.68 Å². The summed E-state index contributed by atoms with van der Waals surface area (Å²) in [6.45, 7) is 0.992. The van der Waals surface area contributed by atoms with Crippen molar-refractivity contribution in [1.29, 1.82) is 0 Å². The fraction of sp³-hybridized carbons (Fsp3) is 0.188. The third-order valence-corrected chi connectivity index (χ3v) is 3.47. The zero-order valence-corrected chi connectivity index (χ0v) is 12.6. The van der Waals surface area contributed by atoms with Gasteiger partial charge >= 0.3 is 0 Å². The van der Waals surface area contributed by atoms with Gasteiger partial charge in [-0.15, -0.1) is 0 Å². The van der Waals surface area contributed by atoms with E-state index in [1.54, 1.807) is 10.9 Å². The molecule has 5 nitrogen and oxygen atoms in total. The molecule has 1 aromatic carbocycles. The van der Waals surface area contributed by atoms with Gasteiger partial charge in [0.05, 0.1) is 31.7 Å². The molecule has 0 unspecified atom stereocenters. The van der Waals surface area contributed by atoms with Crippen molar-refractivity contribution in [2.75, 3.05) is 11.9 Å². The van der Waals surface area contributed by atoms with Crippen molar-refractivity contribution in [2.45, 2.75) is 13.1 Å². The van der Waals surface area contributed by atoms with E-state index in [9.17, 15) is 5.11 Å². The van der Waals surface area contributed by atoms with Crippen molar-refractivity contribution < 1.29 is 9.52 Å². The number of aliphatic hydroxyl groups is 1. The lowest BCUT2D eigenvalue weighted by Gasteiger charge is -2.06. The zero-order valence-electron chi connectivity index (χ0n) is 11.9. The second kappa shape index (κ2) is 6.68. The molecule has 0 radical (unpaired) electrons. The summed E-state index contributed by atoms with van der Waals surface area (Å²) in [6.07, 6.45) is 1.64. The summed E-state index contributed by atoms with van der Waals surface area (Å²) in [5.41, 5.74) is 1.74. The molecule has 0 spiro atoms. The fourth-order valence-electron chi connectivity index (χ4n) is 2.20. The molecule has 0 amide bonds. The summed E-state index contributed by atoms with van der Waals surface area (Å²) in [6, 6.07) is 13.2. The Morgan fingerprint density at radius 1 is 1.23 bits per heavy atom. The van der Waals surface area contributed by atoms with Crippen LogP contribution in [0.4, 0.5) is 5.82 Å². The third kappa shape index (κ3) is 3.32. The van der Waals surface area contributed by atoms with E-state index in [1.165, 1.54) is 0 Å². The Kier molecular flexibility index (Phi) is 4.46. The van der Waals surface area contributed by atoms with Crippen LogP contribution in [0.1, 0.15) is 5.76 Å². The second-order valence-corrected chi connectivity index (χ2v) is 5.24. The molecular weight excluding hydrogens is 302 g/mol. The summed E-state index contributed by atoms with van der Waals surface area (Å²) in [5.74, 6) is 1.65. The highest BCUT2D eigenvalue weighted by molar-refractivity contribution is 6.30. The average molecular weight is 318 g/mol. The predicted octanol–water partition coefficient (Wildman–Crippen LogP) is 3.40. The number of nitrogens with zero attached hydrogens (tertiary/aromatic N) is 2. The number of benzene rings is 1. The van der Waals surface area contributed by atoms with E-state index >= 15 is 0 Å². The van der Waals surface area contributed by atoms with Crippen molar-refractivity contribution >= 4 is 17.4 Å². The van der Waals surface area contributed by atoms with Gasteiger partial charge in [-0.05, 0) is 24.3 Å². The molecule has 0 aliphatic carbocycles. The van der Waals surface area contributed by atoms with E-state index in [-0.39, 0.29) is 6.61 Å². The molecule has 2 heterocycles. The first kappa shape index (κ1) is 14.7. The van der Waals surface area contributed by atoms with Gasteiger partial charge in [0.25, 0.3) is 0 Å². The maximum Gasteiger partial charge on any atom is 0.125 e. The first-order valence-corrected chi connectivity index (χ1v) is 7.35. The van der Waals surface area contributed by atoms with Crippen LogP contribution in [0.3, 0.4) is 0 Å². The van der Waals surface area contributed by atoms with Crippen LogP contribution in [0, 0.1) is 0 Å². The van der Waals surface area contributed by atoms with Crippen molar-refractivity contribution in [2.24, 2.45) is 0 Å². The lowest BCUT2D eigenvalue weighted by molar-refractivity contribution is 0.270.